The Balaban J connectivity index is 1.53. The molecule has 9 nitrogen and oxygen atoms in total. The average molecular weight is 383 g/mol. The average Bonchev–Trinajstić information content (AvgIpc) is 3.23. The second-order valence-corrected chi connectivity index (χ2v) is 6.23. The number of nitrogens with zero attached hydrogens (tertiary/aromatic N) is 3. The molecule has 28 heavy (non-hydrogen) atoms. The van der Waals surface area contributed by atoms with Crippen LogP contribution < -0.4 is 15.4 Å². The van der Waals surface area contributed by atoms with Gasteiger partial charge in [0.15, 0.2) is 0 Å². The number of nitrogens with one attached hydrogen (secondary N) is 2. The van der Waals surface area contributed by atoms with Gasteiger partial charge in [-0.1, -0.05) is 5.16 Å². The first-order valence-corrected chi connectivity index (χ1v) is 8.62. The summed E-state index contributed by atoms with van der Waals surface area (Å²) in [6, 6.07) is 7.02. The van der Waals surface area contributed by atoms with E-state index in [2.05, 4.69) is 20.9 Å². The van der Waals surface area contributed by atoms with E-state index in [0.717, 1.165) is 5.56 Å². The van der Waals surface area contributed by atoms with E-state index in [-0.39, 0.29) is 24.8 Å². The summed E-state index contributed by atoms with van der Waals surface area (Å²) >= 11 is 0. The van der Waals surface area contributed by atoms with Gasteiger partial charge in [-0.25, -0.2) is 0 Å². The van der Waals surface area contributed by atoms with Crippen molar-refractivity contribution < 1.29 is 18.8 Å². The quantitative estimate of drug-likeness (QED) is 0.648. The molecule has 146 valence electrons. The van der Waals surface area contributed by atoms with Crippen molar-refractivity contribution >= 4 is 23.2 Å². The van der Waals surface area contributed by atoms with Crippen molar-refractivity contribution in [3.63, 3.8) is 0 Å². The molecule has 0 radical (unpaired) electrons. The molecule has 2 aromatic heterocycles. The third-order valence-corrected chi connectivity index (χ3v) is 4.11. The number of hydrogen-bond donors (Lipinski definition) is 2. The van der Waals surface area contributed by atoms with E-state index in [0.29, 0.717) is 28.6 Å². The number of anilines is 2. The summed E-state index contributed by atoms with van der Waals surface area (Å²) in [6.45, 7) is 3.58. The van der Waals surface area contributed by atoms with Gasteiger partial charge < -0.3 is 19.9 Å². The summed E-state index contributed by atoms with van der Waals surface area (Å²) in [5, 5.41) is 13.5. The number of carbonyl (C=O) groups is 2. The van der Waals surface area contributed by atoms with E-state index in [1.165, 1.54) is 10.9 Å². The summed E-state index contributed by atoms with van der Waals surface area (Å²) < 4.78 is 11.6. The van der Waals surface area contributed by atoms with Gasteiger partial charge in [-0.15, -0.1) is 0 Å². The van der Waals surface area contributed by atoms with E-state index < -0.39 is 0 Å². The Morgan fingerprint density at radius 1 is 1.11 bits per heavy atom. The van der Waals surface area contributed by atoms with Crippen molar-refractivity contribution in [2.24, 2.45) is 0 Å². The first-order valence-electron chi connectivity index (χ1n) is 8.62. The van der Waals surface area contributed by atoms with E-state index in [9.17, 15) is 9.59 Å². The highest BCUT2D eigenvalue weighted by Gasteiger charge is 2.14. The molecule has 0 bridgehead atoms. The lowest BCUT2D eigenvalue weighted by atomic mass is 10.1. The number of aromatic nitrogens is 3. The summed E-state index contributed by atoms with van der Waals surface area (Å²) in [7, 11) is 1.58. The predicted molar refractivity (Wildman–Crippen MR) is 102 cm³/mol. The lowest BCUT2D eigenvalue weighted by molar-refractivity contribution is -0.117. The zero-order valence-corrected chi connectivity index (χ0v) is 15.9. The fraction of sp³-hybridized carbons (Fsp3) is 0.263. The summed E-state index contributed by atoms with van der Waals surface area (Å²) in [4.78, 5) is 24.3. The lowest BCUT2D eigenvalue weighted by Crippen LogP contribution is -2.19. The Morgan fingerprint density at radius 2 is 1.82 bits per heavy atom. The molecular formula is C19H21N5O4. The molecule has 0 spiro atoms. The van der Waals surface area contributed by atoms with Crippen LogP contribution in [0.4, 0.5) is 11.4 Å². The third-order valence-electron chi connectivity index (χ3n) is 4.11. The fourth-order valence-corrected chi connectivity index (χ4v) is 2.66. The highest BCUT2D eigenvalue weighted by molar-refractivity contribution is 5.92. The van der Waals surface area contributed by atoms with Crippen LogP contribution in [-0.2, 0) is 22.6 Å². The Morgan fingerprint density at radius 3 is 2.46 bits per heavy atom. The number of amides is 2. The lowest BCUT2D eigenvalue weighted by Gasteiger charge is -2.06. The molecule has 0 saturated heterocycles. The van der Waals surface area contributed by atoms with Crippen LogP contribution in [0.25, 0.3) is 0 Å². The van der Waals surface area contributed by atoms with Gasteiger partial charge in [-0.3, -0.25) is 14.3 Å². The Hall–Kier alpha value is -3.62. The number of aryl methyl sites for hydroxylation is 2. The second kappa shape index (κ2) is 8.38. The molecule has 2 heterocycles. The molecule has 0 aliphatic heterocycles. The van der Waals surface area contributed by atoms with E-state index in [1.54, 1.807) is 51.4 Å². The van der Waals surface area contributed by atoms with Gasteiger partial charge in [0.2, 0.25) is 11.8 Å². The monoisotopic (exact) mass is 383 g/mol. The highest BCUT2D eigenvalue weighted by atomic mass is 16.5. The van der Waals surface area contributed by atoms with Gasteiger partial charge in [0.05, 0.1) is 31.1 Å². The molecule has 3 aromatic rings. The zero-order chi connectivity index (χ0) is 20.1. The molecule has 0 atom stereocenters. The Bertz CT molecular complexity index is 955. The largest absolute Gasteiger partial charge is 0.497 e. The zero-order valence-electron chi connectivity index (χ0n) is 15.9. The summed E-state index contributed by atoms with van der Waals surface area (Å²) in [6.07, 6.45) is 3.25. The first kappa shape index (κ1) is 19.2. The number of carbonyl (C=O) groups excluding carboxylic acids is 2. The maximum Gasteiger partial charge on any atom is 0.246 e. The molecule has 2 amide bonds. The van der Waals surface area contributed by atoms with Crippen LogP contribution in [0, 0.1) is 13.8 Å². The molecule has 9 heteroatoms. The minimum atomic E-state index is -0.234. The van der Waals surface area contributed by atoms with Gasteiger partial charge >= 0.3 is 0 Å². The fourth-order valence-electron chi connectivity index (χ4n) is 2.66. The Labute approximate surface area is 161 Å². The standard InChI is InChI=1S/C19H21N5O4/c1-12-17(13(2)28-23-12)8-18(25)22-15-9-20-24(10-15)11-19(26)21-14-4-6-16(27-3)7-5-14/h4-7,9-10H,8,11H2,1-3H3,(H,21,26)(H,22,25). The highest BCUT2D eigenvalue weighted by Crippen LogP contribution is 2.16. The van der Waals surface area contributed by atoms with Crippen LogP contribution in [0.15, 0.2) is 41.2 Å². The maximum absolute atomic E-state index is 12.2. The minimum Gasteiger partial charge on any atom is -0.497 e. The number of methoxy groups -OCH3 is 1. The van der Waals surface area contributed by atoms with Crippen LogP contribution >= 0.6 is 0 Å². The van der Waals surface area contributed by atoms with Crippen LogP contribution in [0.3, 0.4) is 0 Å². The summed E-state index contributed by atoms with van der Waals surface area (Å²) in [5.41, 5.74) is 2.63. The summed E-state index contributed by atoms with van der Waals surface area (Å²) in [5.74, 6) is 0.888. The molecule has 0 unspecified atom stereocenters. The molecule has 0 aliphatic rings. The minimum absolute atomic E-state index is 0.0196. The first-order chi connectivity index (χ1) is 13.4. The van der Waals surface area contributed by atoms with Crippen molar-refractivity contribution in [2.45, 2.75) is 26.8 Å². The topological polar surface area (TPSA) is 111 Å². The Kier molecular flexibility index (Phi) is 5.73. The molecule has 0 aliphatic carbocycles. The predicted octanol–water partition coefficient (Wildman–Crippen LogP) is 2.32. The maximum atomic E-state index is 12.2. The van der Waals surface area contributed by atoms with E-state index in [4.69, 9.17) is 9.26 Å². The van der Waals surface area contributed by atoms with Crippen LogP contribution in [0.2, 0.25) is 0 Å². The smallest absolute Gasteiger partial charge is 0.246 e. The number of ether oxygens (including phenoxy) is 1. The van der Waals surface area contributed by atoms with Crippen molar-refractivity contribution in [3.8, 4) is 5.75 Å². The number of benzene rings is 1. The van der Waals surface area contributed by atoms with Crippen LogP contribution in [0.1, 0.15) is 17.0 Å². The van der Waals surface area contributed by atoms with Gasteiger partial charge in [0.1, 0.15) is 18.1 Å². The second-order valence-electron chi connectivity index (χ2n) is 6.23. The van der Waals surface area contributed by atoms with Crippen molar-refractivity contribution in [1.29, 1.82) is 0 Å². The van der Waals surface area contributed by atoms with Crippen molar-refractivity contribution in [3.05, 3.63) is 53.7 Å². The van der Waals surface area contributed by atoms with Gasteiger partial charge in [-0.2, -0.15) is 5.10 Å². The number of hydrogen-bond acceptors (Lipinski definition) is 6. The van der Waals surface area contributed by atoms with Crippen LogP contribution in [0.5, 0.6) is 5.75 Å². The normalized spacial score (nSPS) is 10.5. The molecule has 2 N–H and O–H groups in total. The molecular weight excluding hydrogens is 362 g/mol. The van der Waals surface area contributed by atoms with Gasteiger partial charge in [0, 0.05) is 17.4 Å². The third kappa shape index (κ3) is 4.76. The molecule has 1 aromatic carbocycles. The van der Waals surface area contributed by atoms with E-state index in [1.807, 2.05) is 0 Å². The van der Waals surface area contributed by atoms with Gasteiger partial charge in [0.25, 0.3) is 0 Å². The van der Waals surface area contributed by atoms with Gasteiger partial charge in [-0.05, 0) is 38.1 Å². The van der Waals surface area contributed by atoms with Crippen LogP contribution in [-0.4, -0.2) is 33.9 Å². The van der Waals surface area contributed by atoms with E-state index >= 15 is 0 Å². The SMILES string of the molecule is COc1ccc(NC(=O)Cn2cc(NC(=O)Cc3c(C)noc3C)cn2)cc1. The molecule has 0 saturated carbocycles. The molecule has 0 fully saturated rings. The molecule has 3 rings (SSSR count). The van der Waals surface area contributed by atoms with Crippen molar-refractivity contribution in [1.82, 2.24) is 14.9 Å². The van der Waals surface area contributed by atoms with Crippen molar-refractivity contribution in [2.75, 3.05) is 17.7 Å². The number of rotatable bonds is 7.